The van der Waals surface area contributed by atoms with Crippen LogP contribution in [0.3, 0.4) is 0 Å². The molecule has 0 aliphatic heterocycles. The minimum absolute atomic E-state index is 0.0233. The van der Waals surface area contributed by atoms with Gasteiger partial charge in [0.15, 0.2) is 5.78 Å². The smallest absolute Gasteiger partial charge is 0.233 e. The third-order valence-corrected chi connectivity index (χ3v) is 1.73. The predicted octanol–water partition coefficient (Wildman–Crippen LogP) is 1.71. The van der Waals surface area contributed by atoms with Crippen LogP contribution in [0.4, 0.5) is 0 Å². The summed E-state index contributed by atoms with van der Waals surface area (Å²) in [5.74, 6) is 0.785. The second-order valence-electron chi connectivity index (χ2n) is 3.48. The highest BCUT2D eigenvalue weighted by molar-refractivity contribution is 5.94. The molecular formula is C10H14N2O2. The summed E-state index contributed by atoms with van der Waals surface area (Å²) in [7, 11) is 1.51. The summed E-state index contributed by atoms with van der Waals surface area (Å²) in [4.78, 5) is 11.5. The summed E-state index contributed by atoms with van der Waals surface area (Å²) in [6.07, 6.45) is 0.501. The van der Waals surface area contributed by atoms with E-state index in [-0.39, 0.29) is 5.78 Å². The van der Waals surface area contributed by atoms with E-state index in [0.29, 0.717) is 23.9 Å². The maximum Gasteiger partial charge on any atom is 0.233 e. The van der Waals surface area contributed by atoms with E-state index in [1.807, 2.05) is 13.8 Å². The van der Waals surface area contributed by atoms with Gasteiger partial charge < -0.3 is 4.74 Å². The summed E-state index contributed by atoms with van der Waals surface area (Å²) < 4.78 is 4.85. The van der Waals surface area contributed by atoms with Gasteiger partial charge in [0, 0.05) is 12.5 Å². The van der Waals surface area contributed by atoms with E-state index in [0.717, 1.165) is 0 Å². The van der Waals surface area contributed by atoms with Gasteiger partial charge in [0.05, 0.1) is 7.11 Å². The lowest BCUT2D eigenvalue weighted by molar-refractivity contribution is 0.0962. The van der Waals surface area contributed by atoms with Gasteiger partial charge in [-0.2, -0.15) is 0 Å². The number of aromatic nitrogens is 2. The van der Waals surface area contributed by atoms with Gasteiger partial charge >= 0.3 is 0 Å². The molecular weight excluding hydrogens is 180 g/mol. The molecule has 0 aliphatic rings. The normalized spacial score (nSPS) is 10.3. The Morgan fingerprint density at radius 2 is 2.14 bits per heavy atom. The lowest BCUT2D eigenvalue weighted by Gasteiger charge is -2.02. The quantitative estimate of drug-likeness (QED) is 0.685. The Kier molecular flexibility index (Phi) is 3.56. The van der Waals surface area contributed by atoms with E-state index >= 15 is 0 Å². The average molecular weight is 194 g/mol. The fourth-order valence-electron chi connectivity index (χ4n) is 1.05. The Bertz CT molecular complexity index is 306. The fraction of sp³-hybridized carbons (Fsp3) is 0.500. The summed E-state index contributed by atoms with van der Waals surface area (Å²) >= 11 is 0. The largest absolute Gasteiger partial charge is 0.480 e. The molecule has 0 fully saturated rings. The second-order valence-corrected chi connectivity index (χ2v) is 3.48. The molecule has 0 unspecified atom stereocenters. The molecule has 0 radical (unpaired) electrons. The van der Waals surface area contributed by atoms with Gasteiger partial charge in [-0.1, -0.05) is 13.8 Å². The number of Topliss-reactive ketones (excluding diaryl/α,β-unsaturated/α-hetero) is 1. The maximum absolute atomic E-state index is 11.5. The number of rotatable bonds is 4. The van der Waals surface area contributed by atoms with Gasteiger partial charge in [0.25, 0.3) is 0 Å². The minimum atomic E-state index is 0.0233. The van der Waals surface area contributed by atoms with Crippen LogP contribution in [0.15, 0.2) is 12.1 Å². The molecule has 1 aromatic heterocycles. The zero-order chi connectivity index (χ0) is 10.6. The maximum atomic E-state index is 11.5. The molecule has 0 saturated heterocycles. The number of hydrogen-bond donors (Lipinski definition) is 0. The van der Waals surface area contributed by atoms with Crippen molar-refractivity contribution in [3.05, 3.63) is 17.8 Å². The van der Waals surface area contributed by atoms with E-state index in [1.54, 1.807) is 12.1 Å². The predicted molar refractivity (Wildman–Crippen MR) is 52.4 cm³/mol. The van der Waals surface area contributed by atoms with E-state index in [2.05, 4.69) is 10.2 Å². The third-order valence-electron chi connectivity index (χ3n) is 1.73. The Labute approximate surface area is 83.3 Å². The van der Waals surface area contributed by atoms with Crippen molar-refractivity contribution in [2.75, 3.05) is 7.11 Å². The first kappa shape index (κ1) is 10.6. The standard InChI is InChI=1S/C10H14N2O2/c1-7(2)6-9(13)8-4-5-10(14-3)12-11-8/h4-5,7H,6H2,1-3H3. The lowest BCUT2D eigenvalue weighted by atomic mass is 10.1. The van der Waals surface area contributed by atoms with Crippen LogP contribution in [0.25, 0.3) is 0 Å². The third kappa shape index (κ3) is 2.80. The number of hydrogen-bond acceptors (Lipinski definition) is 4. The highest BCUT2D eigenvalue weighted by Gasteiger charge is 2.10. The molecule has 0 saturated carbocycles. The average Bonchev–Trinajstić information content (AvgIpc) is 2.17. The van der Waals surface area contributed by atoms with Crippen LogP contribution in [0.5, 0.6) is 5.88 Å². The first-order chi connectivity index (χ1) is 6.63. The highest BCUT2D eigenvalue weighted by atomic mass is 16.5. The molecule has 4 heteroatoms. The van der Waals surface area contributed by atoms with Crippen molar-refractivity contribution in [1.29, 1.82) is 0 Å². The monoisotopic (exact) mass is 194 g/mol. The molecule has 0 aromatic carbocycles. The van der Waals surface area contributed by atoms with Crippen molar-refractivity contribution in [1.82, 2.24) is 10.2 Å². The van der Waals surface area contributed by atoms with Gasteiger partial charge in [-0.15, -0.1) is 10.2 Å². The van der Waals surface area contributed by atoms with Gasteiger partial charge in [-0.3, -0.25) is 4.79 Å². The van der Waals surface area contributed by atoms with Crippen LogP contribution in [0, 0.1) is 5.92 Å². The van der Waals surface area contributed by atoms with Gasteiger partial charge in [-0.05, 0) is 12.0 Å². The molecule has 0 aliphatic carbocycles. The fourth-order valence-corrected chi connectivity index (χ4v) is 1.05. The van der Waals surface area contributed by atoms with E-state index in [9.17, 15) is 4.79 Å². The first-order valence-corrected chi connectivity index (χ1v) is 4.54. The number of carbonyl (C=O) groups excluding carboxylic acids is 1. The van der Waals surface area contributed by atoms with Crippen LogP contribution >= 0.6 is 0 Å². The second kappa shape index (κ2) is 4.69. The lowest BCUT2D eigenvalue weighted by Crippen LogP contribution is -2.07. The van der Waals surface area contributed by atoms with E-state index in [4.69, 9.17) is 4.74 Å². The summed E-state index contributed by atoms with van der Waals surface area (Å²) in [5.41, 5.74) is 0.402. The van der Waals surface area contributed by atoms with Crippen LogP contribution in [-0.4, -0.2) is 23.1 Å². The summed E-state index contributed by atoms with van der Waals surface area (Å²) in [6, 6.07) is 3.27. The van der Waals surface area contributed by atoms with E-state index < -0.39 is 0 Å². The number of ketones is 1. The summed E-state index contributed by atoms with van der Waals surface area (Å²) in [6.45, 7) is 3.99. The Balaban J connectivity index is 2.71. The van der Waals surface area contributed by atoms with Crippen molar-refractivity contribution >= 4 is 5.78 Å². The summed E-state index contributed by atoms with van der Waals surface area (Å²) in [5, 5.41) is 7.51. The molecule has 0 atom stereocenters. The van der Waals surface area contributed by atoms with Crippen LogP contribution in [-0.2, 0) is 0 Å². The molecule has 4 nitrogen and oxygen atoms in total. The molecule has 1 rings (SSSR count). The molecule has 1 heterocycles. The van der Waals surface area contributed by atoms with Crippen LogP contribution in [0.1, 0.15) is 30.8 Å². The first-order valence-electron chi connectivity index (χ1n) is 4.54. The topological polar surface area (TPSA) is 52.1 Å². The zero-order valence-electron chi connectivity index (χ0n) is 8.65. The van der Waals surface area contributed by atoms with Gasteiger partial charge in [-0.25, -0.2) is 0 Å². The molecule has 14 heavy (non-hydrogen) atoms. The Morgan fingerprint density at radius 3 is 2.57 bits per heavy atom. The molecule has 0 amide bonds. The molecule has 0 bridgehead atoms. The van der Waals surface area contributed by atoms with Crippen LogP contribution < -0.4 is 4.74 Å². The van der Waals surface area contributed by atoms with Gasteiger partial charge in [0.2, 0.25) is 5.88 Å². The van der Waals surface area contributed by atoms with Crippen molar-refractivity contribution < 1.29 is 9.53 Å². The SMILES string of the molecule is COc1ccc(C(=O)CC(C)C)nn1. The Hall–Kier alpha value is -1.45. The minimum Gasteiger partial charge on any atom is -0.480 e. The number of carbonyl (C=O) groups is 1. The highest BCUT2D eigenvalue weighted by Crippen LogP contribution is 2.09. The number of methoxy groups -OCH3 is 1. The number of ether oxygens (including phenoxy) is 1. The van der Waals surface area contributed by atoms with Crippen molar-refractivity contribution in [3.8, 4) is 5.88 Å². The van der Waals surface area contributed by atoms with E-state index in [1.165, 1.54) is 7.11 Å². The molecule has 76 valence electrons. The number of nitrogens with zero attached hydrogens (tertiary/aromatic N) is 2. The van der Waals surface area contributed by atoms with Gasteiger partial charge in [0.1, 0.15) is 5.69 Å². The van der Waals surface area contributed by atoms with Crippen molar-refractivity contribution in [2.24, 2.45) is 5.92 Å². The molecule has 0 N–H and O–H groups in total. The molecule has 1 aromatic rings. The Morgan fingerprint density at radius 1 is 1.43 bits per heavy atom. The zero-order valence-corrected chi connectivity index (χ0v) is 8.65. The van der Waals surface area contributed by atoms with Crippen molar-refractivity contribution in [2.45, 2.75) is 20.3 Å². The molecule has 0 spiro atoms. The van der Waals surface area contributed by atoms with Crippen molar-refractivity contribution in [3.63, 3.8) is 0 Å². The van der Waals surface area contributed by atoms with Crippen LogP contribution in [0.2, 0.25) is 0 Å².